The van der Waals surface area contributed by atoms with E-state index in [1.807, 2.05) is 0 Å². The Hall–Kier alpha value is -1.33. The molecule has 6 heteroatoms. The average molecular weight is 205 g/mol. The molecule has 1 fully saturated rings. The first-order valence-corrected chi connectivity index (χ1v) is 4.36. The van der Waals surface area contributed by atoms with Gasteiger partial charge in [0.25, 0.3) is 0 Å². The van der Waals surface area contributed by atoms with Crippen molar-refractivity contribution in [1.29, 1.82) is 0 Å². The standard InChI is InChI=1S/C8H12FNO4/c1-2-14-8(13)10-4-5(9)3-6(10)7(11)12/h5-6H,2-4H2,1H3,(H,11,12)/t5-,6+/m1/s1. The third-order valence-electron chi connectivity index (χ3n) is 2.04. The summed E-state index contributed by atoms with van der Waals surface area (Å²) in [7, 11) is 0. The monoisotopic (exact) mass is 205 g/mol. The van der Waals surface area contributed by atoms with Crippen LogP contribution in [0.4, 0.5) is 9.18 Å². The third-order valence-corrected chi connectivity index (χ3v) is 2.04. The van der Waals surface area contributed by atoms with Gasteiger partial charge in [-0.15, -0.1) is 0 Å². The van der Waals surface area contributed by atoms with Gasteiger partial charge in [0.15, 0.2) is 0 Å². The minimum atomic E-state index is -1.28. The van der Waals surface area contributed by atoms with Gasteiger partial charge >= 0.3 is 12.1 Å². The van der Waals surface area contributed by atoms with Crippen molar-refractivity contribution >= 4 is 12.1 Å². The molecule has 5 nitrogen and oxygen atoms in total. The van der Waals surface area contributed by atoms with Crippen molar-refractivity contribution in [2.45, 2.75) is 25.6 Å². The van der Waals surface area contributed by atoms with Crippen LogP contribution in [0.3, 0.4) is 0 Å². The van der Waals surface area contributed by atoms with Gasteiger partial charge in [-0.05, 0) is 6.92 Å². The van der Waals surface area contributed by atoms with Crippen LogP contribution < -0.4 is 0 Å². The predicted molar refractivity (Wildman–Crippen MR) is 44.7 cm³/mol. The van der Waals surface area contributed by atoms with Crippen LogP contribution in [-0.4, -0.2) is 47.4 Å². The van der Waals surface area contributed by atoms with Crippen molar-refractivity contribution in [2.24, 2.45) is 0 Å². The molecule has 1 aliphatic heterocycles. The first-order chi connectivity index (χ1) is 6.56. The Morgan fingerprint density at radius 2 is 2.29 bits per heavy atom. The lowest BCUT2D eigenvalue weighted by molar-refractivity contribution is -0.141. The van der Waals surface area contributed by atoms with Crippen LogP contribution in [0.5, 0.6) is 0 Å². The molecule has 0 spiro atoms. The number of carbonyl (C=O) groups excluding carboxylic acids is 1. The van der Waals surface area contributed by atoms with E-state index in [4.69, 9.17) is 5.11 Å². The predicted octanol–water partition coefficient (Wildman–Crippen LogP) is 0.640. The summed E-state index contributed by atoms with van der Waals surface area (Å²) in [4.78, 5) is 22.7. The summed E-state index contributed by atoms with van der Waals surface area (Å²) >= 11 is 0. The number of alkyl halides is 1. The fourth-order valence-electron chi connectivity index (χ4n) is 1.43. The zero-order valence-electron chi connectivity index (χ0n) is 7.77. The summed E-state index contributed by atoms with van der Waals surface area (Å²) < 4.78 is 17.5. The summed E-state index contributed by atoms with van der Waals surface area (Å²) in [5.74, 6) is -1.20. The summed E-state index contributed by atoms with van der Waals surface area (Å²) in [6.45, 7) is 1.56. The highest BCUT2D eigenvalue weighted by Crippen LogP contribution is 2.21. The smallest absolute Gasteiger partial charge is 0.410 e. The Labute approximate surface area is 80.4 Å². The normalized spacial score (nSPS) is 26.3. The van der Waals surface area contributed by atoms with Crippen LogP contribution in [0.25, 0.3) is 0 Å². The number of likely N-dealkylation sites (tertiary alicyclic amines) is 1. The number of rotatable bonds is 2. The van der Waals surface area contributed by atoms with Gasteiger partial charge in [-0.3, -0.25) is 4.90 Å². The Morgan fingerprint density at radius 3 is 2.79 bits per heavy atom. The molecule has 0 bridgehead atoms. The quantitative estimate of drug-likeness (QED) is 0.718. The van der Waals surface area contributed by atoms with E-state index in [0.29, 0.717) is 0 Å². The fraction of sp³-hybridized carbons (Fsp3) is 0.750. The zero-order chi connectivity index (χ0) is 10.7. The lowest BCUT2D eigenvalue weighted by atomic mass is 10.2. The number of nitrogens with zero attached hydrogens (tertiary/aromatic N) is 1. The number of hydrogen-bond acceptors (Lipinski definition) is 3. The topological polar surface area (TPSA) is 66.8 Å². The molecule has 0 aromatic rings. The molecule has 0 aromatic heterocycles. The fourth-order valence-corrected chi connectivity index (χ4v) is 1.43. The molecular weight excluding hydrogens is 193 g/mol. The molecule has 80 valence electrons. The van der Waals surface area contributed by atoms with Crippen molar-refractivity contribution < 1.29 is 23.8 Å². The van der Waals surface area contributed by atoms with Crippen molar-refractivity contribution in [1.82, 2.24) is 4.90 Å². The number of carboxylic acid groups (broad SMARTS) is 1. The first-order valence-electron chi connectivity index (χ1n) is 4.36. The lowest BCUT2D eigenvalue weighted by Gasteiger charge is -2.19. The van der Waals surface area contributed by atoms with E-state index in [1.54, 1.807) is 6.92 Å². The molecule has 0 aliphatic carbocycles. The van der Waals surface area contributed by atoms with E-state index >= 15 is 0 Å². The van der Waals surface area contributed by atoms with Crippen LogP contribution in [0, 0.1) is 0 Å². The highest BCUT2D eigenvalue weighted by molar-refractivity contribution is 5.80. The van der Waals surface area contributed by atoms with E-state index < -0.39 is 24.3 Å². The third kappa shape index (κ3) is 2.12. The van der Waals surface area contributed by atoms with Crippen LogP contribution >= 0.6 is 0 Å². The van der Waals surface area contributed by atoms with Gasteiger partial charge in [0.2, 0.25) is 0 Å². The minimum absolute atomic E-state index is 0.151. The van der Waals surface area contributed by atoms with Gasteiger partial charge in [0, 0.05) is 6.42 Å². The van der Waals surface area contributed by atoms with E-state index in [2.05, 4.69) is 4.74 Å². The van der Waals surface area contributed by atoms with Gasteiger partial charge in [-0.1, -0.05) is 0 Å². The largest absolute Gasteiger partial charge is 0.480 e. The molecule has 0 saturated carbocycles. The maximum atomic E-state index is 12.9. The van der Waals surface area contributed by atoms with Crippen LogP contribution in [0.15, 0.2) is 0 Å². The molecule has 1 amide bonds. The number of carbonyl (C=O) groups is 2. The number of carboxylic acids is 1. The Balaban J connectivity index is 2.66. The SMILES string of the molecule is CCOC(=O)N1C[C@H](F)C[C@H]1C(=O)O. The Kier molecular flexibility index (Phi) is 3.27. The second kappa shape index (κ2) is 4.26. The van der Waals surface area contributed by atoms with E-state index in [0.717, 1.165) is 4.90 Å². The van der Waals surface area contributed by atoms with Gasteiger partial charge < -0.3 is 9.84 Å². The maximum absolute atomic E-state index is 12.9. The number of hydrogen-bond donors (Lipinski definition) is 1. The lowest BCUT2D eigenvalue weighted by Crippen LogP contribution is -2.40. The molecule has 1 heterocycles. The summed E-state index contributed by atoms with van der Waals surface area (Å²) in [6.07, 6.45) is -2.20. The van der Waals surface area contributed by atoms with Gasteiger partial charge in [0.05, 0.1) is 13.2 Å². The molecule has 1 saturated heterocycles. The van der Waals surface area contributed by atoms with Crippen molar-refractivity contribution in [3.8, 4) is 0 Å². The first kappa shape index (κ1) is 10.7. The highest BCUT2D eigenvalue weighted by atomic mass is 19.1. The zero-order valence-corrected chi connectivity index (χ0v) is 7.77. The van der Waals surface area contributed by atoms with Crippen LogP contribution in [0.1, 0.15) is 13.3 Å². The molecule has 1 rings (SSSR count). The van der Waals surface area contributed by atoms with E-state index in [1.165, 1.54) is 0 Å². The molecule has 0 aromatic carbocycles. The Bertz CT molecular complexity index is 245. The second-order valence-electron chi connectivity index (χ2n) is 3.04. The summed E-state index contributed by atoms with van der Waals surface area (Å²) in [5.41, 5.74) is 0. The second-order valence-corrected chi connectivity index (χ2v) is 3.04. The van der Waals surface area contributed by atoms with Crippen molar-refractivity contribution in [3.05, 3.63) is 0 Å². The van der Waals surface area contributed by atoms with Gasteiger partial charge in [-0.25, -0.2) is 14.0 Å². The molecule has 1 aliphatic rings. The molecule has 0 radical (unpaired) electrons. The maximum Gasteiger partial charge on any atom is 0.410 e. The molecular formula is C8H12FNO4. The molecule has 2 atom stereocenters. The molecule has 1 N–H and O–H groups in total. The summed E-state index contributed by atoms with van der Waals surface area (Å²) in [6, 6.07) is -1.09. The van der Waals surface area contributed by atoms with Crippen molar-refractivity contribution in [3.63, 3.8) is 0 Å². The number of amides is 1. The molecule has 0 unspecified atom stereocenters. The number of ether oxygens (including phenoxy) is 1. The minimum Gasteiger partial charge on any atom is -0.480 e. The number of aliphatic carboxylic acids is 1. The van der Waals surface area contributed by atoms with Gasteiger partial charge in [0.1, 0.15) is 12.2 Å². The molecule has 14 heavy (non-hydrogen) atoms. The van der Waals surface area contributed by atoms with E-state index in [-0.39, 0.29) is 19.6 Å². The van der Waals surface area contributed by atoms with Gasteiger partial charge in [-0.2, -0.15) is 0 Å². The van der Waals surface area contributed by atoms with E-state index in [9.17, 15) is 14.0 Å². The highest BCUT2D eigenvalue weighted by Gasteiger charge is 2.40. The number of halogens is 1. The van der Waals surface area contributed by atoms with Crippen LogP contribution in [-0.2, 0) is 9.53 Å². The van der Waals surface area contributed by atoms with Crippen LogP contribution in [0.2, 0.25) is 0 Å². The van der Waals surface area contributed by atoms with Crippen molar-refractivity contribution in [2.75, 3.05) is 13.2 Å². The Morgan fingerprint density at radius 1 is 1.64 bits per heavy atom. The summed E-state index contributed by atoms with van der Waals surface area (Å²) in [5, 5.41) is 8.70. The average Bonchev–Trinajstić information content (AvgIpc) is 2.48.